The number of rotatable bonds is 6. The van der Waals surface area contributed by atoms with Gasteiger partial charge in [0.05, 0.1) is 23.6 Å². The van der Waals surface area contributed by atoms with Crippen molar-refractivity contribution in [3.8, 4) is 11.5 Å². The smallest absolute Gasteiger partial charge is 0.249 e. The molecule has 0 fully saturated rings. The molecule has 2 aromatic carbocycles. The monoisotopic (exact) mass is 387 g/mol. The number of carbonyl (C=O) groups is 1. The molecule has 1 aromatic heterocycles. The molecule has 3 rings (SSSR count). The van der Waals surface area contributed by atoms with Crippen LogP contribution in [0.25, 0.3) is 11.5 Å². The van der Waals surface area contributed by atoms with E-state index in [4.69, 9.17) is 16.0 Å². The first-order valence-corrected chi connectivity index (χ1v) is 8.93. The highest BCUT2D eigenvalue weighted by Gasteiger charge is 2.21. The third-order valence-corrected chi connectivity index (χ3v) is 4.42. The molecule has 1 amide bonds. The largest absolute Gasteiger partial charge is 0.419 e. The molecule has 5 nitrogen and oxygen atoms in total. The van der Waals surface area contributed by atoms with E-state index in [9.17, 15) is 9.18 Å². The summed E-state index contributed by atoms with van der Waals surface area (Å²) in [7, 11) is 0. The summed E-state index contributed by atoms with van der Waals surface area (Å²) >= 11 is 6.16. The van der Waals surface area contributed by atoms with Crippen molar-refractivity contribution in [2.75, 3.05) is 0 Å². The second kappa shape index (κ2) is 8.31. The number of hydrogen-bond donors (Lipinski definition) is 0. The first kappa shape index (κ1) is 19.0. The lowest BCUT2D eigenvalue weighted by atomic mass is 10.1. The summed E-state index contributed by atoms with van der Waals surface area (Å²) in [5.41, 5.74) is 1.39. The average molecular weight is 388 g/mol. The normalized spacial score (nSPS) is 11.0. The van der Waals surface area contributed by atoms with Gasteiger partial charge < -0.3 is 9.32 Å². The fourth-order valence-corrected chi connectivity index (χ4v) is 2.86. The van der Waals surface area contributed by atoms with E-state index < -0.39 is 0 Å². The highest BCUT2D eigenvalue weighted by atomic mass is 35.5. The van der Waals surface area contributed by atoms with Gasteiger partial charge in [-0.05, 0) is 43.7 Å². The van der Waals surface area contributed by atoms with E-state index in [1.807, 2.05) is 26.0 Å². The summed E-state index contributed by atoms with van der Waals surface area (Å²) in [6.07, 6.45) is 0.171. The zero-order chi connectivity index (χ0) is 19.4. The molecule has 0 atom stereocenters. The van der Waals surface area contributed by atoms with Crippen LogP contribution in [-0.2, 0) is 17.8 Å². The minimum atomic E-state index is -0.329. The average Bonchev–Trinajstić information content (AvgIpc) is 3.10. The highest BCUT2D eigenvalue weighted by Crippen LogP contribution is 2.26. The Morgan fingerprint density at radius 3 is 2.52 bits per heavy atom. The third kappa shape index (κ3) is 4.71. The van der Waals surface area contributed by atoms with Gasteiger partial charge in [0.25, 0.3) is 0 Å². The van der Waals surface area contributed by atoms with Crippen molar-refractivity contribution in [1.82, 2.24) is 15.1 Å². The van der Waals surface area contributed by atoms with Gasteiger partial charge in [0.2, 0.25) is 17.7 Å². The summed E-state index contributed by atoms with van der Waals surface area (Å²) in [5.74, 6) is 0.204. The number of nitrogens with zero attached hydrogens (tertiary/aromatic N) is 3. The molecule has 0 aliphatic heterocycles. The molecule has 7 heteroatoms. The van der Waals surface area contributed by atoms with Crippen LogP contribution >= 0.6 is 11.6 Å². The summed E-state index contributed by atoms with van der Waals surface area (Å²) in [4.78, 5) is 14.3. The van der Waals surface area contributed by atoms with Gasteiger partial charge in [-0.3, -0.25) is 4.79 Å². The van der Waals surface area contributed by atoms with Crippen LogP contribution in [0, 0.1) is 5.82 Å². The zero-order valence-electron chi connectivity index (χ0n) is 15.0. The Morgan fingerprint density at radius 2 is 1.85 bits per heavy atom. The first-order valence-electron chi connectivity index (χ1n) is 8.55. The van der Waals surface area contributed by atoms with E-state index in [-0.39, 0.29) is 30.7 Å². The molecule has 0 N–H and O–H groups in total. The Bertz CT molecular complexity index is 925. The van der Waals surface area contributed by atoms with Gasteiger partial charge in [-0.25, -0.2) is 4.39 Å². The van der Waals surface area contributed by atoms with Crippen LogP contribution in [0.5, 0.6) is 0 Å². The predicted octanol–water partition coefficient (Wildman–Crippen LogP) is 4.51. The number of carbonyl (C=O) groups excluding carboxylic acids is 1. The molecule has 140 valence electrons. The van der Waals surface area contributed by atoms with Crippen molar-refractivity contribution in [3.63, 3.8) is 0 Å². The van der Waals surface area contributed by atoms with Crippen molar-refractivity contribution >= 4 is 17.5 Å². The van der Waals surface area contributed by atoms with E-state index in [0.717, 1.165) is 5.56 Å². The summed E-state index contributed by atoms with van der Waals surface area (Å²) in [6.45, 7) is 4.01. The molecule has 0 aliphatic rings. The molecule has 0 aliphatic carbocycles. The number of aromatic nitrogens is 2. The Hall–Kier alpha value is -2.73. The van der Waals surface area contributed by atoms with Crippen LogP contribution in [0.1, 0.15) is 25.3 Å². The molecule has 0 unspecified atom stereocenters. The zero-order valence-corrected chi connectivity index (χ0v) is 15.8. The fraction of sp³-hybridized carbons (Fsp3) is 0.250. The van der Waals surface area contributed by atoms with E-state index in [1.54, 1.807) is 29.2 Å². The van der Waals surface area contributed by atoms with Gasteiger partial charge in [0, 0.05) is 6.04 Å². The maximum Gasteiger partial charge on any atom is 0.249 e. The quantitative estimate of drug-likeness (QED) is 0.624. The van der Waals surface area contributed by atoms with Gasteiger partial charge in [-0.1, -0.05) is 35.9 Å². The first-order chi connectivity index (χ1) is 12.9. The van der Waals surface area contributed by atoms with Crippen molar-refractivity contribution < 1.29 is 13.6 Å². The Labute approximate surface area is 161 Å². The molecule has 0 saturated heterocycles. The molecule has 0 radical (unpaired) electrons. The maximum atomic E-state index is 13.0. The fourth-order valence-electron chi connectivity index (χ4n) is 2.64. The number of halogens is 2. The molecule has 27 heavy (non-hydrogen) atoms. The number of benzene rings is 2. The Kier molecular flexibility index (Phi) is 5.86. The topological polar surface area (TPSA) is 59.2 Å². The van der Waals surface area contributed by atoms with Crippen LogP contribution in [-0.4, -0.2) is 27.0 Å². The number of amides is 1. The van der Waals surface area contributed by atoms with Crippen molar-refractivity contribution in [2.45, 2.75) is 32.9 Å². The predicted molar refractivity (Wildman–Crippen MR) is 101 cm³/mol. The molecular formula is C20H19ClFN3O2. The minimum absolute atomic E-state index is 0.0615. The summed E-state index contributed by atoms with van der Waals surface area (Å²) in [6, 6.07) is 13.0. The van der Waals surface area contributed by atoms with Crippen LogP contribution in [0.3, 0.4) is 0 Å². The molecular weight excluding hydrogens is 369 g/mol. The van der Waals surface area contributed by atoms with Gasteiger partial charge in [-0.2, -0.15) is 0 Å². The highest BCUT2D eigenvalue weighted by molar-refractivity contribution is 6.33. The SMILES string of the molecule is CC(C)N(Cc1nnc(-c2ccccc2Cl)o1)C(=O)Cc1ccc(F)cc1. The maximum absolute atomic E-state index is 13.0. The minimum Gasteiger partial charge on any atom is -0.419 e. The molecule has 0 spiro atoms. The third-order valence-electron chi connectivity index (χ3n) is 4.09. The van der Waals surface area contributed by atoms with Gasteiger partial charge in [-0.15, -0.1) is 10.2 Å². The van der Waals surface area contributed by atoms with E-state index >= 15 is 0 Å². The van der Waals surface area contributed by atoms with E-state index in [2.05, 4.69) is 10.2 Å². The van der Waals surface area contributed by atoms with Crippen LogP contribution < -0.4 is 0 Å². The van der Waals surface area contributed by atoms with Gasteiger partial charge in [0.1, 0.15) is 5.82 Å². The van der Waals surface area contributed by atoms with Crippen molar-refractivity contribution in [2.24, 2.45) is 0 Å². The lowest BCUT2D eigenvalue weighted by Crippen LogP contribution is -2.37. The van der Waals surface area contributed by atoms with E-state index in [1.165, 1.54) is 12.1 Å². The van der Waals surface area contributed by atoms with Crippen LogP contribution in [0.4, 0.5) is 4.39 Å². The Balaban J connectivity index is 1.74. The Morgan fingerprint density at radius 1 is 1.15 bits per heavy atom. The summed E-state index contributed by atoms with van der Waals surface area (Å²) < 4.78 is 18.7. The summed E-state index contributed by atoms with van der Waals surface area (Å²) in [5, 5.41) is 8.58. The van der Waals surface area contributed by atoms with Gasteiger partial charge >= 0.3 is 0 Å². The lowest BCUT2D eigenvalue weighted by molar-refractivity contribution is -0.133. The van der Waals surface area contributed by atoms with Crippen molar-refractivity contribution in [3.05, 3.63) is 70.8 Å². The van der Waals surface area contributed by atoms with Crippen molar-refractivity contribution in [1.29, 1.82) is 0 Å². The molecule has 1 heterocycles. The van der Waals surface area contributed by atoms with Crippen LogP contribution in [0.2, 0.25) is 5.02 Å². The molecule has 0 bridgehead atoms. The molecule has 3 aromatic rings. The van der Waals surface area contributed by atoms with E-state index in [0.29, 0.717) is 22.4 Å². The standard InChI is InChI=1S/C20H19ClFN3O2/c1-13(2)25(19(26)11-14-7-9-15(22)10-8-14)12-18-23-24-20(27-18)16-5-3-4-6-17(16)21/h3-10,13H,11-12H2,1-2H3. The van der Waals surface area contributed by atoms with Crippen LogP contribution in [0.15, 0.2) is 52.9 Å². The lowest BCUT2D eigenvalue weighted by Gasteiger charge is -2.25. The second-order valence-electron chi connectivity index (χ2n) is 6.40. The van der Waals surface area contributed by atoms with Gasteiger partial charge in [0.15, 0.2) is 0 Å². The number of hydrogen-bond acceptors (Lipinski definition) is 4. The second-order valence-corrected chi connectivity index (χ2v) is 6.81. The molecule has 0 saturated carbocycles.